The van der Waals surface area contributed by atoms with Crippen molar-refractivity contribution in [3.05, 3.63) is 0 Å². The van der Waals surface area contributed by atoms with E-state index in [1.807, 2.05) is 0 Å². The molecule has 3 rings (SSSR count). The molecule has 2 nitrogen and oxygen atoms in total. The zero-order valence-corrected chi connectivity index (χ0v) is 8.34. The van der Waals surface area contributed by atoms with Crippen molar-refractivity contribution in [3.63, 3.8) is 0 Å². The molecule has 2 heteroatoms. The summed E-state index contributed by atoms with van der Waals surface area (Å²) in [5.41, 5.74) is 0. The largest absolute Gasteiger partial charge is 0.314 e. The van der Waals surface area contributed by atoms with E-state index in [1.54, 1.807) is 0 Å². The van der Waals surface area contributed by atoms with E-state index in [-0.39, 0.29) is 0 Å². The van der Waals surface area contributed by atoms with Crippen LogP contribution in [-0.4, -0.2) is 36.6 Å². The Hall–Kier alpha value is -0.0800. The fourth-order valence-electron chi connectivity index (χ4n) is 3.45. The second-order valence-electron chi connectivity index (χ2n) is 4.95. The highest BCUT2D eigenvalue weighted by atomic mass is 15.3. The first-order chi connectivity index (χ1) is 6.45. The summed E-state index contributed by atoms with van der Waals surface area (Å²) >= 11 is 0. The summed E-state index contributed by atoms with van der Waals surface area (Å²) in [6.07, 6.45) is 7.47. The van der Waals surface area contributed by atoms with Gasteiger partial charge in [0.2, 0.25) is 0 Å². The van der Waals surface area contributed by atoms with Gasteiger partial charge in [-0.05, 0) is 38.1 Å². The molecule has 1 N–H and O–H groups in total. The Labute approximate surface area is 80.7 Å². The molecule has 2 unspecified atom stereocenters. The van der Waals surface area contributed by atoms with E-state index in [0.717, 1.165) is 18.0 Å². The first kappa shape index (κ1) is 8.25. The Kier molecular flexibility index (Phi) is 2.06. The van der Waals surface area contributed by atoms with Crippen molar-refractivity contribution < 1.29 is 0 Å². The molecule has 0 bridgehead atoms. The lowest BCUT2D eigenvalue weighted by Gasteiger charge is -2.46. The molecule has 0 aromatic rings. The molecule has 1 aliphatic carbocycles. The Bertz CT molecular complexity index is 189. The topological polar surface area (TPSA) is 15.3 Å². The van der Waals surface area contributed by atoms with Gasteiger partial charge in [0.05, 0.1) is 0 Å². The first-order valence-corrected chi connectivity index (χ1v) is 5.91. The van der Waals surface area contributed by atoms with Crippen LogP contribution in [0.3, 0.4) is 0 Å². The van der Waals surface area contributed by atoms with E-state index in [0.29, 0.717) is 0 Å². The number of likely N-dealkylation sites (tertiary alicyclic amines) is 1. The maximum Gasteiger partial charge on any atom is 0.0348 e. The molecule has 74 valence electrons. The molecule has 2 heterocycles. The fourth-order valence-corrected chi connectivity index (χ4v) is 3.45. The van der Waals surface area contributed by atoms with Gasteiger partial charge in [0.25, 0.3) is 0 Å². The number of piperidine rings is 1. The molecule has 0 amide bonds. The van der Waals surface area contributed by atoms with Crippen LogP contribution < -0.4 is 5.32 Å². The molecule has 0 aromatic heterocycles. The third kappa shape index (κ3) is 1.31. The standard InChI is InChI=1S/C11H20N2/c1-3-9-4-2-6-13(11(9)5-1)10-7-12-8-10/h9-12H,1-8H2. The van der Waals surface area contributed by atoms with Crippen molar-refractivity contribution in [2.45, 2.75) is 44.2 Å². The lowest BCUT2D eigenvalue weighted by Crippen LogP contribution is -2.61. The Morgan fingerprint density at radius 3 is 2.62 bits per heavy atom. The van der Waals surface area contributed by atoms with E-state index in [2.05, 4.69) is 10.2 Å². The Morgan fingerprint density at radius 2 is 1.85 bits per heavy atom. The number of hydrogen-bond acceptors (Lipinski definition) is 2. The maximum atomic E-state index is 3.40. The van der Waals surface area contributed by atoms with E-state index < -0.39 is 0 Å². The second-order valence-corrected chi connectivity index (χ2v) is 4.95. The van der Waals surface area contributed by atoms with E-state index in [9.17, 15) is 0 Å². The average molecular weight is 180 g/mol. The summed E-state index contributed by atoms with van der Waals surface area (Å²) in [6, 6.07) is 1.87. The van der Waals surface area contributed by atoms with Crippen LogP contribution in [0.2, 0.25) is 0 Å². The molecule has 0 aromatic carbocycles. The van der Waals surface area contributed by atoms with Crippen LogP contribution in [0.15, 0.2) is 0 Å². The molecular formula is C11H20N2. The number of nitrogens with zero attached hydrogens (tertiary/aromatic N) is 1. The number of nitrogens with one attached hydrogen (secondary N) is 1. The molecule has 2 saturated heterocycles. The highest BCUT2D eigenvalue weighted by Gasteiger charge is 2.39. The van der Waals surface area contributed by atoms with Crippen LogP contribution >= 0.6 is 0 Å². The minimum Gasteiger partial charge on any atom is -0.314 e. The zero-order valence-electron chi connectivity index (χ0n) is 8.34. The van der Waals surface area contributed by atoms with Crippen LogP contribution in [-0.2, 0) is 0 Å². The lowest BCUT2D eigenvalue weighted by atomic mass is 9.90. The normalized spacial score (nSPS) is 41.5. The van der Waals surface area contributed by atoms with Gasteiger partial charge >= 0.3 is 0 Å². The summed E-state index contributed by atoms with van der Waals surface area (Å²) in [7, 11) is 0. The fraction of sp³-hybridized carbons (Fsp3) is 1.00. The summed E-state index contributed by atoms with van der Waals surface area (Å²) in [4.78, 5) is 2.82. The predicted molar refractivity (Wildman–Crippen MR) is 53.7 cm³/mol. The Morgan fingerprint density at radius 1 is 1.00 bits per heavy atom. The van der Waals surface area contributed by atoms with Crippen LogP contribution in [0.5, 0.6) is 0 Å². The SMILES string of the molecule is C1CC2CCCN(C3CNC3)C2C1. The van der Waals surface area contributed by atoms with Crippen molar-refractivity contribution in [1.29, 1.82) is 0 Å². The number of hydrogen-bond donors (Lipinski definition) is 1. The third-order valence-electron chi connectivity index (χ3n) is 4.27. The van der Waals surface area contributed by atoms with Crippen LogP contribution in [0.4, 0.5) is 0 Å². The monoisotopic (exact) mass is 180 g/mol. The van der Waals surface area contributed by atoms with Gasteiger partial charge in [-0.3, -0.25) is 4.90 Å². The van der Waals surface area contributed by atoms with Crippen LogP contribution in [0.25, 0.3) is 0 Å². The molecule has 13 heavy (non-hydrogen) atoms. The summed E-state index contributed by atoms with van der Waals surface area (Å²) in [5.74, 6) is 1.06. The van der Waals surface area contributed by atoms with Gasteiger partial charge in [0, 0.05) is 25.2 Å². The minimum absolute atomic E-state index is 0.894. The van der Waals surface area contributed by atoms with Gasteiger partial charge in [-0.2, -0.15) is 0 Å². The van der Waals surface area contributed by atoms with Gasteiger partial charge in [-0.15, -0.1) is 0 Å². The van der Waals surface area contributed by atoms with Gasteiger partial charge in [0.15, 0.2) is 0 Å². The van der Waals surface area contributed by atoms with E-state index >= 15 is 0 Å². The van der Waals surface area contributed by atoms with Crippen molar-refractivity contribution in [3.8, 4) is 0 Å². The minimum atomic E-state index is 0.894. The molecule has 0 radical (unpaired) electrons. The third-order valence-corrected chi connectivity index (χ3v) is 4.27. The van der Waals surface area contributed by atoms with Gasteiger partial charge < -0.3 is 5.32 Å². The lowest BCUT2D eigenvalue weighted by molar-refractivity contribution is 0.0432. The van der Waals surface area contributed by atoms with Crippen LogP contribution in [0, 0.1) is 5.92 Å². The summed E-state index contributed by atoms with van der Waals surface area (Å²) in [6.45, 7) is 3.89. The molecule has 1 saturated carbocycles. The summed E-state index contributed by atoms with van der Waals surface area (Å²) < 4.78 is 0. The quantitative estimate of drug-likeness (QED) is 0.653. The van der Waals surface area contributed by atoms with E-state index in [4.69, 9.17) is 0 Å². The molecule has 2 aliphatic heterocycles. The molecule has 2 atom stereocenters. The first-order valence-electron chi connectivity index (χ1n) is 5.91. The smallest absolute Gasteiger partial charge is 0.0348 e. The molecule has 3 fully saturated rings. The number of rotatable bonds is 1. The predicted octanol–water partition coefficient (Wildman–Crippen LogP) is 1.22. The summed E-state index contributed by atoms with van der Waals surface area (Å²) in [5, 5.41) is 3.40. The second kappa shape index (κ2) is 3.25. The van der Waals surface area contributed by atoms with Gasteiger partial charge in [0.1, 0.15) is 0 Å². The van der Waals surface area contributed by atoms with Crippen molar-refractivity contribution >= 4 is 0 Å². The van der Waals surface area contributed by atoms with Crippen LogP contribution in [0.1, 0.15) is 32.1 Å². The van der Waals surface area contributed by atoms with E-state index in [1.165, 1.54) is 51.7 Å². The van der Waals surface area contributed by atoms with Crippen molar-refractivity contribution in [2.75, 3.05) is 19.6 Å². The van der Waals surface area contributed by atoms with Gasteiger partial charge in [-0.25, -0.2) is 0 Å². The zero-order chi connectivity index (χ0) is 8.67. The Balaban J connectivity index is 1.70. The van der Waals surface area contributed by atoms with Crippen molar-refractivity contribution in [1.82, 2.24) is 10.2 Å². The van der Waals surface area contributed by atoms with Gasteiger partial charge in [-0.1, -0.05) is 6.42 Å². The molecule has 0 spiro atoms. The number of fused-ring (bicyclic) bond motifs is 1. The average Bonchev–Trinajstić information content (AvgIpc) is 2.49. The molecular weight excluding hydrogens is 160 g/mol. The van der Waals surface area contributed by atoms with Crippen molar-refractivity contribution in [2.24, 2.45) is 5.92 Å². The highest BCUT2D eigenvalue weighted by Crippen LogP contribution is 2.37. The molecule has 3 aliphatic rings. The highest BCUT2D eigenvalue weighted by molar-refractivity contribution is 4.95. The maximum absolute atomic E-state index is 3.40.